The van der Waals surface area contributed by atoms with Crippen LogP contribution in [0.25, 0.3) is 0 Å². The summed E-state index contributed by atoms with van der Waals surface area (Å²) in [7, 11) is 0. The third-order valence-electron chi connectivity index (χ3n) is 17.8. The number of anilines is 3. The summed E-state index contributed by atoms with van der Waals surface area (Å²) in [6.07, 6.45) is -12.6. The van der Waals surface area contributed by atoms with Crippen LogP contribution in [0.3, 0.4) is 0 Å². The molecule has 12 nitrogen and oxygen atoms in total. The van der Waals surface area contributed by atoms with Crippen molar-refractivity contribution in [2.75, 3.05) is 93.2 Å². The summed E-state index contributed by atoms with van der Waals surface area (Å²) in [6, 6.07) is 35.8. The normalized spacial score (nSPS) is 22.0. The molecule has 0 bridgehead atoms. The molecule has 0 N–H and O–H groups in total. The van der Waals surface area contributed by atoms with Gasteiger partial charge in [0.05, 0.1) is 35.0 Å². The van der Waals surface area contributed by atoms with E-state index in [1.807, 2.05) is 108 Å². The number of carbonyl (C=O) groups is 3. The van der Waals surface area contributed by atoms with Gasteiger partial charge < -0.3 is 43.6 Å². The van der Waals surface area contributed by atoms with Crippen molar-refractivity contribution in [2.45, 2.75) is 116 Å². The molecular formula is C69H75F9N6O6. The number of hydrogen-bond donors (Lipinski definition) is 0. The lowest BCUT2D eigenvalue weighted by Gasteiger charge is -2.42. The van der Waals surface area contributed by atoms with E-state index in [4.69, 9.17) is 14.2 Å². The Morgan fingerprint density at radius 2 is 0.544 bits per heavy atom. The number of carbonyl (C=O) groups excluding carboxylic acids is 3. The highest BCUT2D eigenvalue weighted by Crippen LogP contribution is 2.41. The number of aryl methyl sites for hydroxylation is 6. The predicted octanol–water partition coefficient (Wildman–Crippen LogP) is 13.5. The molecule has 6 aromatic carbocycles. The van der Waals surface area contributed by atoms with Crippen LogP contribution in [-0.4, -0.2) is 129 Å². The SMILES string of the molecule is Cc1ccc(C2C[C@H](C(=O)N3CCN(c4cc(C(F)(F)F)ccc4C)CC3)O2)cc1.Cc1ccc([C@@H]2C[C@H](C(=O)N3CCN(c4cc(C(F)(F)F)ccc4C)CC3)O2)cc1.Cc1ccc([C@H]2C[C@@H](C(=O)N3CCN(c4cc(C(F)(F)F)ccc4C)CC3)O2)cc1. The van der Waals surface area contributed by atoms with Crippen LogP contribution in [0.1, 0.15) is 104 Å². The minimum absolute atomic E-state index is 0.0289. The summed E-state index contributed by atoms with van der Waals surface area (Å²) in [5, 5.41) is 0. The van der Waals surface area contributed by atoms with Gasteiger partial charge in [-0.05, 0) is 111 Å². The highest BCUT2D eigenvalue weighted by Gasteiger charge is 2.43. The van der Waals surface area contributed by atoms with Gasteiger partial charge in [-0.25, -0.2) is 0 Å². The maximum absolute atomic E-state index is 13.1. The van der Waals surface area contributed by atoms with Crippen LogP contribution in [0.5, 0.6) is 0 Å². The summed E-state index contributed by atoms with van der Waals surface area (Å²) in [6.45, 7) is 17.4. The topological polar surface area (TPSA) is 98.3 Å². The molecule has 0 saturated carbocycles. The number of alkyl halides is 9. The van der Waals surface area contributed by atoms with Gasteiger partial charge in [0.1, 0.15) is 18.3 Å². The van der Waals surface area contributed by atoms with Crippen molar-refractivity contribution in [3.63, 3.8) is 0 Å². The highest BCUT2D eigenvalue weighted by atomic mass is 19.4. The number of rotatable bonds is 9. The van der Waals surface area contributed by atoms with E-state index >= 15 is 0 Å². The molecule has 6 aliphatic heterocycles. The average Bonchev–Trinajstić information content (AvgIpc) is 0.956. The van der Waals surface area contributed by atoms with Crippen molar-refractivity contribution in [1.29, 1.82) is 0 Å². The minimum atomic E-state index is -4.37. The van der Waals surface area contributed by atoms with Crippen LogP contribution >= 0.6 is 0 Å². The van der Waals surface area contributed by atoms with Crippen LogP contribution in [0.2, 0.25) is 0 Å². The van der Waals surface area contributed by atoms with E-state index in [0.29, 0.717) is 115 Å². The molecule has 12 rings (SSSR count). The molecule has 3 amide bonds. The summed E-state index contributed by atoms with van der Waals surface area (Å²) in [5.41, 5.74) is 8.97. The molecule has 6 heterocycles. The van der Waals surface area contributed by atoms with Gasteiger partial charge in [0.25, 0.3) is 17.7 Å². The number of amides is 3. The van der Waals surface area contributed by atoms with Crippen LogP contribution in [0, 0.1) is 41.5 Å². The van der Waals surface area contributed by atoms with E-state index < -0.39 is 53.5 Å². The Kier molecular flexibility index (Phi) is 19.6. The Morgan fingerprint density at radius 3 is 0.744 bits per heavy atom. The molecule has 6 aromatic rings. The molecule has 6 aliphatic rings. The van der Waals surface area contributed by atoms with Gasteiger partial charge in [-0.2, -0.15) is 39.5 Å². The number of piperazine rings is 3. The second kappa shape index (κ2) is 27.1. The second-order valence-electron chi connectivity index (χ2n) is 24.2. The fourth-order valence-electron chi connectivity index (χ4n) is 12.1. The van der Waals surface area contributed by atoms with Gasteiger partial charge in [-0.1, -0.05) is 108 Å². The van der Waals surface area contributed by atoms with E-state index in [0.717, 1.165) is 51.6 Å². The maximum atomic E-state index is 13.1. The molecule has 0 spiro atoms. The number of ether oxygens (including phenoxy) is 3. The standard InChI is InChI=1S/3C23H25F3N2O2/c3*1-15-3-6-17(7-4-15)20-14-21(30-20)22(29)28-11-9-27(10-12-28)19-13-18(23(24,25)26)8-5-16(19)2/h3*3-8,13,20-21H,9-12,14H2,1-2H3/t20?,21-;2*20-,21+/m110/s1. The van der Waals surface area contributed by atoms with E-state index in [-0.39, 0.29) is 36.0 Å². The number of hydrogen-bond acceptors (Lipinski definition) is 9. The lowest BCUT2D eigenvalue weighted by Crippen LogP contribution is -2.54. The van der Waals surface area contributed by atoms with Crippen molar-refractivity contribution in [1.82, 2.24) is 14.7 Å². The second-order valence-corrected chi connectivity index (χ2v) is 24.2. The zero-order valence-corrected chi connectivity index (χ0v) is 51.2. The summed E-state index contributed by atoms with van der Waals surface area (Å²) in [5.74, 6) is -0.0867. The average molecular weight is 1260 g/mol. The van der Waals surface area contributed by atoms with Gasteiger partial charge in [0.2, 0.25) is 0 Å². The lowest BCUT2D eigenvalue weighted by atomic mass is 9.96. The van der Waals surface area contributed by atoms with Gasteiger partial charge in [-0.3, -0.25) is 14.4 Å². The summed E-state index contributed by atoms with van der Waals surface area (Å²) < 4.78 is 135. The molecule has 480 valence electrons. The molecular weight excluding hydrogens is 1180 g/mol. The molecule has 0 radical (unpaired) electrons. The highest BCUT2D eigenvalue weighted by molar-refractivity contribution is 5.83. The fourth-order valence-corrected chi connectivity index (χ4v) is 12.1. The predicted molar refractivity (Wildman–Crippen MR) is 325 cm³/mol. The summed E-state index contributed by atoms with van der Waals surface area (Å²) in [4.78, 5) is 49.3. The lowest BCUT2D eigenvalue weighted by molar-refractivity contribution is -0.174. The molecule has 90 heavy (non-hydrogen) atoms. The number of halogens is 9. The van der Waals surface area contributed by atoms with Crippen LogP contribution in [0.4, 0.5) is 56.6 Å². The number of nitrogens with zero attached hydrogens (tertiary/aromatic N) is 6. The van der Waals surface area contributed by atoms with Crippen molar-refractivity contribution in [3.05, 3.63) is 194 Å². The third-order valence-corrected chi connectivity index (χ3v) is 17.8. The first-order valence-electron chi connectivity index (χ1n) is 30.5. The molecule has 6 saturated heterocycles. The first-order chi connectivity index (χ1) is 42.7. The maximum Gasteiger partial charge on any atom is 0.416 e. The Bertz CT molecular complexity index is 3100. The van der Waals surface area contributed by atoms with Crippen molar-refractivity contribution in [3.8, 4) is 0 Å². The van der Waals surface area contributed by atoms with E-state index in [1.165, 1.54) is 53.1 Å². The van der Waals surface area contributed by atoms with Gasteiger partial charge in [0.15, 0.2) is 0 Å². The first-order valence-corrected chi connectivity index (χ1v) is 30.5. The Hall–Kier alpha value is -7.62. The molecule has 6 fully saturated rings. The summed E-state index contributed by atoms with van der Waals surface area (Å²) >= 11 is 0. The zero-order chi connectivity index (χ0) is 64.4. The molecule has 21 heteroatoms. The van der Waals surface area contributed by atoms with Crippen molar-refractivity contribution in [2.24, 2.45) is 0 Å². The quantitative estimate of drug-likeness (QED) is 0.131. The Labute approximate surface area is 519 Å². The minimum Gasteiger partial charge on any atom is -0.368 e. The Balaban J connectivity index is 0.000000148. The molecule has 6 atom stereocenters. The van der Waals surface area contributed by atoms with Gasteiger partial charge >= 0.3 is 18.5 Å². The monoisotopic (exact) mass is 1250 g/mol. The van der Waals surface area contributed by atoms with Crippen LogP contribution in [-0.2, 0) is 47.1 Å². The smallest absolute Gasteiger partial charge is 0.368 e. The van der Waals surface area contributed by atoms with Gasteiger partial charge in [-0.15, -0.1) is 0 Å². The van der Waals surface area contributed by atoms with Gasteiger partial charge in [0, 0.05) is 115 Å². The molecule has 1 unspecified atom stereocenters. The molecule has 0 aliphatic carbocycles. The fraction of sp³-hybridized carbons (Fsp3) is 0.435. The largest absolute Gasteiger partial charge is 0.416 e. The van der Waals surface area contributed by atoms with E-state index in [9.17, 15) is 53.9 Å². The van der Waals surface area contributed by atoms with Crippen molar-refractivity contribution < 1.29 is 68.1 Å². The molecule has 0 aromatic heterocycles. The van der Waals surface area contributed by atoms with Crippen molar-refractivity contribution >= 4 is 34.8 Å². The van der Waals surface area contributed by atoms with Crippen LogP contribution in [0.15, 0.2) is 127 Å². The van der Waals surface area contributed by atoms with E-state index in [1.54, 1.807) is 35.5 Å². The number of benzene rings is 6. The third kappa shape index (κ3) is 15.4. The van der Waals surface area contributed by atoms with E-state index in [2.05, 4.69) is 0 Å². The first kappa shape index (κ1) is 65.3. The zero-order valence-electron chi connectivity index (χ0n) is 51.2. The Morgan fingerprint density at radius 1 is 0.333 bits per heavy atom. The van der Waals surface area contributed by atoms with Crippen LogP contribution < -0.4 is 14.7 Å².